The topological polar surface area (TPSA) is 46.1 Å². The first-order valence-electron chi connectivity index (χ1n) is 9.96. The first-order chi connectivity index (χ1) is 11.8. The lowest BCUT2D eigenvalue weighted by Gasteiger charge is -2.47. The van der Waals surface area contributed by atoms with E-state index in [1.807, 2.05) is 7.05 Å². The molecule has 2 N–H and O–H groups in total. The third-order valence-electron chi connectivity index (χ3n) is 6.26. The minimum absolute atomic E-state index is 0.582. The van der Waals surface area contributed by atoms with E-state index in [-0.39, 0.29) is 0 Å². The predicted octanol–water partition coefficient (Wildman–Crippen LogP) is 0.0256. The maximum absolute atomic E-state index is 4.45. The molecule has 24 heavy (non-hydrogen) atoms. The summed E-state index contributed by atoms with van der Waals surface area (Å²) in [6.45, 7) is 11.0. The quantitative estimate of drug-likeness (QED) is 0.549. The molecule has 5 rings (SSSR count). The first-order valence-corrected chi connectivity index (χ1v) is 9.96. The van der Waals surface area contributed by atoms with Gasteiger partial charge in [0.15, 0.2) is 5.96 Å². The fraction of sp³-hybridized carbons (Fsp3) is 0.944. The van der Waals surface area contributed by atoms with Crippen LogP contribution in [0.15, 0.2) is 4.99 Å². The van der Waals surface area contributed by atoms with Crippen molar-refractivity contribution in [1.29, 1.82) is 0 Å². The monoisotopic (exact) mass is 334 g/mol. The van der Waals surface area contributed by atoms with Gasteiger partial charge in [-0.1, -0.05) is 0 Å². The molecule has 1 atom stereocenters. The summed E-state index contributed by atoms with van der Waals surface area (Å²) in [7, 11) is 1.90. The minimum Gasteiger partial charge on any atom is -0.355 e. The Morgan fingerprint density at radius 3 is 2.33 bits per heavy atom. The molecule has 4 heterocycles. The van der Waals surface area contributed by atoms with Crippen molar-refractivity contribution >= 4 is 5.96 Å². The van der Waals surface area contributed by atoms with Crippen molar-refractivity contribution < 1.29 is 0 Å². The van der Waals surface area contributed by atoms with Gasteiger partial charge in [0.05, 0.1) is 0 Å². The van der Waals surface area contributed by atoms with E-state index in [1.54, 1.807) is 0 Å². The lowest BCUT2D eigenvalue weighted by Crippen LogP contribution is -2.64. The highest BCUT2D eigenvalue weighted by molar-refractivity contribution is 5.80. The van der Waals surface area contributed by atoms with Crippen LogP contribution in [0.1, 0.15) is 25.7 Å². The van der Waals surface area contributed by atoms with E-state index in [0.717, 1.165) is 18.4 Å². The Balaban J connectivity index is 1.18. The Kier molecular flexibility index (Phi) is 5.25. The number of guanidine groups is 1. The zero-order valence-electron chi connectivity index (χ0n) is 15.2. The highest BCUT2D eigenvalue weighted by atomic mass is 15.4. The average molecular weight is 335 g/mol. The number of hydrogen-bond acceptors (Lipinski definition) is 4. The van der Waals surface area contributed by atoms with Crippen molar-refractivity contribution in [2.75, 3.05) is 66.0 Å². The lowest BCUT2D eigenvalue weighted by molar-refractivity contribution is 0.0154. The second kappa shape index (κ2) is 7.58. The van der Waals surface area contributed by atoms with Crippen LogP contribution >= 0.6 is 0 Å². The maximum atomic E-state index is 4.45. The molecule has 2 bridgehead atoms. The molecule has 0 amide bonds. The maximum Gasteiger partial charge on any atom is 0.191 e. The number of piperidine rings is 1. The van der Waals surface area contributed by atoms with Crippen LogP contribution in [0.5, 0.6) is 0 Å². The zero-order chi connectivity index (χ0) is 16.4. The molecule has 0 spiro atoms. The number of nitrogens with one attached hydrogen (secondary N) is 2. The normalized spacial score (nSPS) is 35.2. The number of hydrogen-bond donors (Lipinski definition) is 2. The number of nitrogens with zero attached hydrogens (tertiary/aromatic N) is 4. The third-order valence-corrected chi connectivity index (χ3v) is 6.26. The van der Waals surface area contributed by atoms with Crippen LogP contribution in [0.3, 0.4) is 0 Å². The van der Waals surface area contributed by atoms with E-state index >= 15 is 0 Å². The number of likely N-dealkylation sites (tertiary alicyclic amines) is 1. The van der Waals surface area contributed by atoms with Gasteiger partial charge in [-0.2, -0.15) is 0 Å². The molecule has 136 valence electrons. The Bertz CT molecular complexity index is 433. The van der Waals surface area contributed by atoms with Crippen LogP contribution in [0.2, 0.25) is 0 Å². The summed E-state index contributed by atoms with van der Waals surface area (Å²) in [6, 6.07) is 1.23. The van der Waals surface area contributed by atoms with Gasteiger partial charge in [0.2, 0.25) is 0 Å². The second-order valence-electron chi connectivity index (χ2n) is 8.11. The van der Waals surface area contributed by atoms with Crippen LogP contribution in [-0.2, 0) is 0 Å². The predicted molar refractivity (Wildman–Crippen MR) is 98.5 cm³/mol. The molecule has 0 radical (unpaired) electrons. The Morgan fingerprint density at radius 1 is 1.00 bits per heavy atom. The van der Waals surface area contributed by atoms with Crippen molar-refractivity contribution in [3.8, 4) is 0 Å². The van der Waals surface area contributed by atoms with Crippen molar-refractivity contribution in [1.82, 2.24) is 25.3 Å². The molecule has 1 saturated carbocycles. The van der Waals surface area contributed by atoms with Gasteiger partial charge in [0.25, 0.3) is 0 Å². The molecule has 5 fully saturated rings. The zero-order valence-corrected chi connectivity index (χ0v) is 15.2. The van der Waals surface area contributed by atoms with E-state index in [0.29, 0.717) is 12.1 Å². The van der Waals surface area contributed by atoms with E-state index in [1.165, 1.54) is 78.0 Å². The minimum atomic E-state index is 0.582. The highest BCUT2D eigenvalue weighted by Crippen LogP contribution is 2.30. The summed E-state index contributed by atoms with van der Waals surface area (Å²) in [5.74, 6) is 2.01. The summed E-state index contributed by atoms with van der Waals surface area (Å²) in [5, 5.41) is 7.24. The third kappa shape index (κ3) is 4.21. The number of aliphatic imine (C=N–C) groups is 1. The number of rotatable bonds is 5. The van der Waals surface area contributed by atoms with Gasteiger partial charge in [-0.25, -0.2) is 0 Å². The van der Waals surface area contributed by atoms with E-state index < -0.39 is 0 Å². The van der Waals surface area contributed by atoms with Crippen LogP contribution < -0.4 is 10.6 Å². The lowest BCUT2D eigenvalue weighted by atomic mass is 10.0. The Labute approximate surface area is 146 Å². The Morgan fingerprint density at radius 2 is 1.75 bits per heavy atom. The molecule has 4 saturated heterocycles. The van der Waals surface area contributed by atoms with E-state index in [9.17, 15) is 0 Å². The Hall–Kier alpha value is -0.850. The average Bonchev–Trinajstić information content (AvgIpc) is 3.45. The van der Waals surface area contributed by atoms with Gasteiger partial charge in [-0.3, -0.25) is 14.8 Å². The van der Waals surface area contributed by atoms with Crippen LogP contribution in [0.4, 0.5) is 0 Å². The summed E-state index contributed by atoms with van der Waals surface area (Å²) in [4.78, 5) is 12.3. The van der Waals surface area contributed by atoms with Crippen molar-refractivity contribution in [2.24, 2.45) is 10.9 Å². The fourth-order valence-electron chi connectivity index (χ4n) is 4.45. The summed E-state index contributed by atoms with van der Waals surface area (Å²) in [5.41, 5.74) is 0. The highest BCUT2D eigenvalue weighted by Gasteiger charge is 2.32. The van der Waals surface area contributed by atoms with Gasteiger partial charge in [-0.05, 0) is 31.6 Å². The molecular weight excluding hydrogens is 300 g/mol. The molecule has 1 unspecified atom stereocenters. The molecule has 5 aliphatic rings. The number of fused-ring (bicyclic) bond motifs is 3. The molecule has 0 aromatic rings. The van der Waals surface area contributed by atoms with Crippen molar-refractivity contribution in [2.45, 2.75) is 37.8 Å². The van der Waals surface area contributed by atoms with Crippen LogP contribution in [-0.4, -0.2) is 98.7 Å². The molecule has 6 nitrogen and oxygen atoms in total. The van der Waals surface area contributed by atoms with Gasteiger partial charge in [-0.15, -0.1) is 0 Å². The summed E-state index contributed by atoms with van der Waals surface area (Å²) >= 11 is 0. The standard InChI is InChI=1S/C18H34N6/c1-19-18(20-12-17-14-23-8-10-24(17)11-9-23)21-16-4-6-22(7-5-16)13-15-2-3-15/h15-17H,2-14H2,1H3,(H2,19,20,21). The van der Waals surface area contributed by atoms with Gasteiger partial charge in [0.1, 0.15) is 0 Å². The molecular formula is C18H34N6. The van der Waals surface area contributed by atoms with Crippen molar-refractivity contribution in [3.63, 3.8) is 0 Å². The summed E-state index contributed by atoms with van der Waals surface area (Å²) in [6.07, 6.45) is 5.42. The van der Waals surface area contributed by atoms with Crippen LogP contribution in [0, 0.1) is 5.92 Å². The van der Waals surface area contributed by atoms with Crippen molar-refractivity contribution in [3.05, 3.63) is 0 Å². The molecule has 6 heteroatoms. The number of piperazine rings is 3. The van der Waals surface area contributed by atoms with E-state index in [2.05, 4.69) is 30.3 Å². The van der Waals surface area contributed by atoms with E-state index in [4.69, 9.17) is 0 Å². The first kappa shape index (κ1) is 16.6. The molecule has 0 aromatic carbocycles. The van der Waals surface area contributed by atoms with Gasteiger partial charge in [0, 0.05) is 78.0 Å². The molecule has 0 aromatic heterocycles. The molecule has 4 aliphatic heterocycles. The SMILES string of the molecule is CN=C(NCC1CN2CCN1CC2)NC1CCN(CC2CC2)CC1. The van der Waals surface area contributed by atoms with Crippen LogP contribution in [0.25, 0.3) is 0 Å². The fourth-order valence-corrected chi connectivity index (χ4v) is 4.45. The van der Waals surface area contributed by atoms with Gasteiger partial charge >= 0.3 is 0 Å². The van der Waals surface area contributed by atoms with Gasteiger partial charge < -0.3 is 15.5 Å². The smallest absolute Gasteiger partial charge is 0.191 e. The summed E-state index contributed by atoms with van der Waals surface area (Å²) < 4.78 is 0. The second-order valence-corrected chi connectivity index (χ2v) is 8.11. The largest absolute Gasteiger partial charge is 0.355 e. The molecule has 1 aliphatic carbocycles.